The molecule has 0 bridgehead atoms. The maximum Gasteiger partial charge on any atom is 0.344 e. The molecule has 0 aliphatic heterocycles. The molecule has 3 rings (SSSR count). The molecular formula is C19H18O3. The minimum Gasteiger partial charge on any atom is -0.508 e. The Labute approximate surface area is 128 Å². The molecule has 2 aromatic carbocycles. The first-order chi connectivity index (χ1) is 10.6. The molecule has 0 fully saturated rings. The zero-order valence-electron chi connectivity index (χ0n) is 12.7. The van der Waals surface area contributed by atoms with E-state index in [0.717, 1.165) is 29.4 Å². The van der Waals surface area contributed by atoms with E-state index in [4.69, 9.17) is 4.42 Å². The number of rotatable bonds is 3. The fraction of sp³-hybridized carbons (Fsp3) is 0.211. The van der Waals surface area contributed by atoms with Crippen LogP contribution in [-0.4, -0.2) is 5.11 Å². The minimum atomic E-state index is -0.378. The van der Waals surface area contributed by atoms with Crippen LogP contribution in [0.5, 0.6) is 5.75 Å². The maximum atomic E-state index is 12.3. The van der Waals surface area contributed by atoms with E-state index in [0.29, 0.717) is 11.1 Å². The van der Waals surface area contributed by atoms with E-state index in [9.17, 15) is 9.90 Å². The average molecular weight is 294 g/mol. The van der Waals surface area contributed by atoms with Crippen LogP contribution in [0.25, 0.3) is 22.1 Å². The SMILES string of the molecule is CCc1ccc(-c2cc3ccc(O)cc3oc2=O)c(CC)c1. The molecule has 0 radical (unpaired) electrons. The van der Waals surface area contributed by atoms with Gasteiger partial charge in [-0.05, 0) is 47.7 Å². The van der Waals surface area contributed by atoms with Crippen LogP contribution in [0, 0.1) is 0 Å². The fourth-order valence-electron chi connectivity index (χ4n) is 2.71. The van der Waals surface area contributed by atoms with E-state index >= 15 is 0 Å². The molecule has 3 heteroatoms. The van der Waals surface area contributed by atoms with Crippen LogP contribution in [0.4, 0.5) is 0 Å². The number of benzene rings is 2. The average Bonchev–Trinajstić information content (AvgIpc) is 2.53. The lowest BCUT2D eigenvalue weighted by Gasteiger charge is -2.10. The summed E-state index contributed by atoms with van der Waals surface area (Å²) in [6.45, 7) is 4.20. The van der Waals surface area contributed by atoms with Gasteiger partial charge in [-0.1, -0.05) is 32.0 Å². The van der Waals surface area contributed by atoms with E-state index in [1.54, 1.807) is 12.1 Å². The van der Waals surface area contributed by atoms with Gasteiger partial charge in [0.1, 0.15) is 11.3 Å². The molecule has 0 saturated carbocycles. The third-order valence-electron chi connectivity index (χ3n) is 3.97. The fourth-order valence-corrected chi connectivity index (χ4v) is 2.71. The molecule has 0 aliphatic rings. The summed E-state index contributed by atoms with van der Waals surface area (Å²) in [7, 11) is 0. The lowest BCUT2D eigenvalue weighted by molar-refractivity contribution is 0.473. The lowest BCUT2D eigenvalue weighted by atomic mass is 9.95. The van der Waals surface area contributed by atoms with Gasteiger partial charge in [-0.15, -0.1) is 0 Å². The maximum absolute atomic E-state index is 12.3. The standard InChI is InChI=1S/C19H18O3/c1-3-12-5-8-16(13(4-2)9-12)17-10-14-6-7-15(20)11-18(14)22-19(17)21/h5-11,20H,3-4H2,1-2H3. The van der Waals surface area contributed by atoms with Crippen molar-refractivity contribution in [3.63, 3.8) is 0 Å². The van der Waals surface area contributed by atoms with Gasteiger partial charge < -0.3 is 9.52 Å². The number of fused-ring (bicyclic) bond motifs is 1. The summed E-state index contributed by atoms with van der Waals surface area (Å²) in [6.07, 6.45) is 1.83. The van der Waals surface area contributed by atoms with Gasteiger partial charge in [0.2, 0.25) is 0 Å². The molecule has 0 spiro atoms. The summed E-state index contributed by atoms with van der Waals surface area (Å²) < 4.78 is 5.37. The number of phenols is 1. The van der Waals surface area contributed by atoms with Gasteiger partial charge in [0.25, 0.3) is 0 Å². The van der Waals surface area contributed by atoms with Crippen molar-refractivity contribution in [2.24, 2.45) is 0 Å². The molecule has 3 aromatic rings. The van der Waals surface area contributed by atoms with Crippen molar-refractivity contribution >= 4 is 11.0 Å². The molecule has 22 heavy (non-hydrogen) atoms. The lowest BCUT2D eigenvalue weighted by Crippen LogP contribution is -2.04. The summed E-state index contributed by atoms with van der Waals surface area (Å²) in [5.74, 6) is 0.0879. The Bertz CT molecular complexity index is 891. The Kier molecular flexibility index (Phi) is 3.72. The van der Waals surface area contributed by atoms with Crippen LogP contribution in [-0.2, 0) is 12.8 Å². The molecule has 1 heterocycles. The Hall–Kier alpha value is -2.55. The zero-order chi connectivity index (χ0) is 15.7. The second-order valence-corrected chi connectivity index (χ2v) is 5.37. The number of aromatic hydroxyl groups is 1. The molecule has 1 N–H and O–H groups in total. The second kappa shape index (κ2) is 5.68. The van der Waals surface area contributed by atoms with Crippen LogP contribution in [0.15, 0.2) is 51.7 Å². The highest BCUT2D eigenvalue weighted by molar-refractivity contribution is 5.83. The molecular weight excluding hydrogens is 276 g/mol. The molecule has 0 aliphatic carbocycles. The van der Waals surface area contributed by atoms with Crippen molar-refractivity contribution in [2.45, 2.75) is 26.7 Å². The van der Waals surface area contributed by atoms with Crippen LogP contribution in [0.1, 0.15) is 25.0 Å². The highest BCUT2D eigenvalue weighted by Gasteiger charge is 2.12. The Morgan fingerprint density at radius 1 is 0.955 bits per heavy atom. The van der Waals surface area contributed by atoms with Crippen molar-refractivity contribution in [1.82, 2.24) is 0 Å². The quantitative estimate of drug-likeness (QED) is 0.733. The molecule has 3 nitrogen and oxygen atoms in total. The Morgan fingerprint density at radius 2 is 1.77 bits per heavy atom. The van der Waals surface area contributed by atoms with Gasteiger partial charge in [0.05, 0.1) is 5.56 Å². The van der Waals surface area contributed by atoms with Gasteiger partial charge in [-0.3, -0.25) is 0 Å². The van der Waals surface area contributed by atoms with Crippen molar-refractivity contribution in [2.75, 3.05) is 0 Å². The summed E-state index contributed by atoms with van der Waals surface area (Å²) in [5.41, 5.74) is 3.91. The molecule has 1 aromatic heterocycles. The molecule has 112 valence electrons. The van der Waals surface area contributed by atoms with E-state index in [1.165, 1.54) is 11.6 Å². The van der Waals surface area contributed by atoms with E-state index in [1.807, 2.05) is 12.1 Å². The van der Waals surface area contributed by atoms with Gasteiger partial charge in [0.15, 0.2) is 0 Å². The zero-order valence-corrected chi connectivity index (χ0v) is 12.7. The summed E-state index contributed by atoms with van der Waals surface area (Å²) >= 11 is 0. The smallest absolute Gasteiger partial charge is 0.344 e. The van der Waals surface area contributed by atoms with Crippen molar-refractivity contribution in [3.8, 4) is 16.9 Å². The Balaban J connectivity index is 2.24. The first kappa shape index (κ1) is 14.4. The number of hydrogen-bond donors (Lipinski definition) is 1. The predicted octanol–water partition coefficient (Wildman–Crippen LogP) is 4.29. The van der Waals surface area contributed by atoms with Crippen LogP contribution in [0.2, 0.25) is 0 Å². The molecule has 0 atom stereocenters. The van der Waals surface area contributed by atoms with Gasteiger partial charge in [-0.2, -0.15) is 0 Å². The summed E-state index contributed by atoms with van der Waals surface area (Å²) in [6, 6.07) is 12.8. The normalized spacial score (nSPS) is 11.0. The minimum absolute atomic E-state index is 0.0879. The van der Waals surface area contributed by atoms with Gasteiger partial charge in [0, 0.05) is 11.5 Å². The largest absolute Gasteiger partial charge is 0.508 e. The van der Waals surface area contributed by atoms with Crippen molar-refractivity contribution in [1.29, 1.82) is 0 Å². The second-order valence-electron chi connectivity index (χ2n) is 5.37. The van der Waals surface area contributed by atoms with Gasteiger partial charge in [-0.25, -0.2) is 4.79 Å². The topological polar surface area (TPSA) is 50.4 Å². The molecule has 0 saturated heterocycles. The summed E-state index contributed by atoms with van der Waals surface area (Å²) in [4.78, 5) is 12.3. The Morgan fingerprint density at radius 3 is 2.50 bits per heavy atom. The first-order valence-electron chi connectivity index (χ1n) is 7.51. The highest BCUT2D eigenvalue weighted by Crippen LogP contribution is 2.27. The van der Waals surface area contributed by atoms with Gasteiger partial charge >= 0.3 is 5.63 Å². The van der Waals surface area contributed by atoms with Crippen LogP contribution in [0.3, 0.4) is 0 Å². The monoisotopic (exact) mass is 294 g/mol. The van der Waals surface area contributed by atoms with E-state index < -0.39 is 0 Å². The summed E-state index contributed by atoms with van der Waals surface area (Å²) in [5, 5.41) is 10.3. The van der Waals surface area contributed by atoms with E-state index in [2.05, 4.69) is 26.0 Å². The van der Waals surface area contributed by atoms with E-state index in [-0.39, 0.29) is 11.4 Å². The number of phenolic OH excluding ortho intramolecular Hbond substituents is 1. The van der Waals surface area contributed by atoms with Crippen molar-refractivity contribution in [3.05, 3.63) is 64.0 Å². The predicted molar refractivity (Wildman–Crippen MR) is 88.3 cm³/mol. The van der Waals surface area contributed by atoms with Crippen molar-refractivity contribution < 1.29 is 9.52 Å². The third-order valence-corrected chi connectivity index (χ3v) is 3.97. The van der Waals surface area contributed by atoms with Crippen LogP contribution < -0.4 is 5.63 Å². The first-order valence-corrected chi connectivity index (χ1v) is 7.51. The number of aryl methyl sites for hydroxylation is 2. The molecule has 0 amide bonds. The third kappa shape index (κ3) is 2.50. The molecule has 0 unspecified atom stereocenters. The highest BCUT2D eigenvalue weighted by atomic mass is 16.4. The number of hydrogen-bond acceptors (Lipinski definition) is 3. The van der Waals surface area contributed by atoms with Crippen LogP contribution >= 0.6 is 0 Å².